The lowest BCUT2D eigenvalue weighted by Gasteiger charge is -2.49. The van der Waals surface area contributed by atoms with Crippen molar-refractivity contribution in [2.45, 2.75) is 35.6 Å². The van der Waals surface area contributed by atoms with Crippen molar-refractivity contribution in [1.82, 2.24) is 30.2 Å². The van der Waals surface area contributed by atoms with E-state index in [0.29, 0.717) is 21.4 Å². The molecule has 0 bridgehead atoms. The van der Waals surface area contributed by atoms with Gasteiger partial charge in [0.15, 0.2) is 4.34 Å². The number of nitrogens with one attached hydrogen (secondary N) is 1. The highest BCUT2D eigenvalue weighted by Gasteiger charge is 2.54. The molecule has 4 rings (SSSR count). The number of aromatic nitrogens is 4. The number of thioether (sulfide) groups is 2. The number of β-lactam (4-membered cyclic amide) rings is 1. The number of hydrogen-bond donors (Lipinski definition) is 2. The molecule has 17 heteroatoms. The third-order valence-corrected chi connectivity index (χ3v) is 8.67. The summed E-state index contributed by atoms with van der Waals surface area (Å²) < 4.78 is 6.66. The van der Waals surface area contributed by atoms with E-state index in [1.165, 1.54) is 53.8 Å². The first-order valence-electron chi connectivity index (χ1n) is 10.0. The molecular formula is C18H19N7O7S3. The minimum Gasteiger partial charge on any atom is -0.477 e. The molecule has 0 aromatic carbocycles. The van der Waals surface area contributed by atoms with Gasteiger partial charge in [-0.05, 0) is 19.4 Å². The van der Waals surface area contributed by atoms with Crippen molar-refractivity contribution < 1.29 is 29.2 Å². The minimum absolute atomic E-state index is 0.0847. The summed E-state index contributed by atoms with van der Waals surface area (Å²) in [7, 11) is 1.22. The zero-order valence-electron chi connectivity index (χ0n) is 18.5. The zero-order valence-corrected chi connectivity index (χ0v) is 21.0. The molecule has 2 aromatic rings. The van der Waals surface area contributed by atoms with Crippen molar-refractivity contribution in [1.29, 1.82) is 0 Å². The molecule has 2 aliphatic rings. The molecule has 1 fully saturated rings. The van der Waals surface area contributed by atoms with Gasteiger partial charge in [-0.1, -0.05) is 23.1 Å². The molecule has 2 aromatic heterocycles. The maximum atomic E-state index is 12.9. The molecule has 0 unspecified atom stereocenters. The van der Waals surface area contributed by atoms with Crippen LogP contribution in [0.4, 0.5) is 5.69 Å². The molecular weight excluding hydrogens is 522 g/mol. The van der Waals surface area contributed by atoms with Gasteiger partial charge in [-0.15, -0.1) is 27.1 Å². The third-order valence-electron chi connectivity index (χ3n) is 5.27. The molecule has 2 amide bonds. The zero-order chi connectivity index (χ0) is 25.4. The van der Waals surface area contributed by atoms with Gasteiger partial charge in [0.25, 0.3) is 5.91 Å². The van der Waals surface area contributed by atoms with Gasteiger partial charge in [-0.2, -0.15) is 0 Å². The van der Waals surface area contributed by atoms with Crippen molar-refractivity contribution in [3.8, 4) is 5.88 Å². The number of fused-ring (bicyclic) bond motifs is 1. The average Bonchev–Trinajstić information content (AvgIpc) is 3.45. The number of carboxylic acids is 1. The Balaban J connectivity index is 1.45. The Bertz CT molecular complexity index is 1240. The van der Waals surface area contributed by atoms with E-state index in [1.807, 2.05) is 6.92 Å². The first kappa shape index (κ1) is 24.9. The number of nitrogens with zero attached hydrogens (tertiary/aromatic N) is 6. The summed E-state index contributed by atoms with van der Waals surface area (Å²) in [5.41, 5.74) is 0.101. The highest BCUT2D eigenvalue weighted by Crippen LogP contribution is 2.42. The lowest BCUT2D eigenvalue weighted by atomic mass is 10.0. The van der Waals surface area contributed by atoms with Crippen molar-refractivity contribution in [2.24, 2.45) is 0 Å². The topological polar surface area (TPSA) is 183 Å². The molecule has 0 radical (unpaired) electrons. The fraction of sp³-hybridized carbons (Fsp3) is 0.444. The monoisotopic (exact) mass is 541 g/mol. The summed E-state index contributed by atoms with van der Waals surface area (Å²) in [6.07, 6.45) is 1.07. The Hall–Kier alpha value is -3.18. The van der Waals surface area contributed by atoms with E-state index in [4.69, 9.17) is 4.74 Å². The molecule has 35 heavy (non-hydrogen) atoms. The molecule has 2 N–H and O–H groups in total. The quantitative estimate of drug-likeness (QED) is 0.199. The molecule has 4 heterocycles. The van der Waals surface area contributed by atoms with Crippen LogP contribution in [0.1, 0.15) is 18.0 Å². The van der Waals surface area contributed by atoms with Crippen molar-refractivity contribution in [3.05, 3.63) is 32.6 Å². The van der Waals surface area contributed by atoms with Crippen LogP contribution in [0.5, 0.6) is 5.88 Å². The second kappa shape index (κ2) is 9.82. The van der Waals surface area contributed by atoms with Gasteiger partial charge < -0.3 is 15.2 Å². The summed E-state index contributed by atoms with van der Waals surface area (Å²) in [4.78, 5) is 49.3. The molecule has 0 spiro atoms. The van der Waals surface area contributed by atoms with Crippen LogP contribution in [0.3, 0.4) is 0 Å². The Kier molecular flexibility index (Phi) is 7.00. The Morgan fingerprint density at radius 1 is 1.46 bits per heavy atom. The molecule has 0 aliphatic carbocycles. The summed E-state index contributed by atoms with van der Waals surface area (Å²) in [5, 5.41) is 35.6. The normalized spacial score (nSPS) is 20.2. The number of ether oxygens (including phenoxy) is 1. The number of carbonyl (C=O) groups is 3. The Morgan fingerprint density at radius 2 is 2.20 bits per heavy atom. The molecule has 2 aliphatic heterocycles. The molecule has 1 saturated heterocycles. The van der Waals surface area contributed by atoms with Gasteiger partial charge >= 0.3 is 17.5 Å². The van der Waals surface area contributed by atoms with Crippen molar-refractivity contribution in [2.75, 3.05) is 18.6 Å². The van der Waals surface area contributed by atoms with Crippen LogP contribution in [0, 0.1) is 17.0 Å². The summed E-state index contributed by atoms with van der Waals surface area (Å²) >= 11 is 4.10. The van der Waals surface area contributed by atoms with Crippen LogP contribution in [0.25, 0.3) is 0 Å². The molecule has 0 saturated carbocycles. The van der Waals surface area contributed by atoms with E-state index >= 15 is 0 Å². The highest BCUT2D eigenvalue weighted by molar-refractivity contribution is 8.01. The second-order valence-electron chi connectivity index (χ2n) is 7.47. The summed E-state index contributed by atoms with van der Waals surface area (Å²) in [6, 6.07) is -1.92. The van der Waals surface area contributed by atoms with E-state index < -0.39 is 45.9 Å². The van der Waals surface area contributed by atoms with Gasteiger partial charge in [0.1, 0.15) is 34.4 Å². The fourth-order valence-electron chi connectivity index (χ4n) is 3.51. The highest BCUT2D eigenvalue weighted by atomic mass is 32.2. The number of rotatable bonds is 9. The summed E-state index contributed by atoms with van der Waals surface area (Å²) in [5.74, 6) is -1.90. The predicted octanol–water partition coefficient (Wildman–Crippen LogP) is 1.05. The SMILES string of the molecule is COc1nn([C@H](C)C(=O)N[C@@H]2C(=O)N3C(C(=O)O)=C(CSc4nnc(C)s4)CS[C@H]23)cc1[N+](=O)[O-]. The predicted molar refractivity (Wildman–Crippen MR) is 125 cm³/mol. The van der Waals surface area contributed by atoms with E-state index in [9.17, 15) is 29.6 Å². The number of carboxylic acid groups (broad SMARTS) is 1. The third kappa shape index (κ3) is 4.70. The van der Waals surface area contributed by atoms with Gasteiger partial charge in [-0.25, -0.2) is 9.48 Å². The van der Waals surface area contributed by atoms with E-state index in [2.05, 4.69) is 20.6 Å². The summed E-state index contributed by atoms with van der Waals surface area (Å²) in [6.45, 7) is 3.29. The minimum atomic E-state index is -1.22. The number of hydrogen-bond acceptors (Lipinski definition) is 12. The van der Waals surface area contributed by atoms with Gasteiger partial charge in [0.05, 0.1) is 12.0 Å². The standard InChI is InChI=1S/C18H19N7O7S3/c1-7(23-4-10(25(30)31)14(22-23)32-3)13(26)19-11-15(27)24-12(17(28)29)9(5-33-16(11)24)6-34-18-21-20-8(2)35-18/h4,7,11,16H,5-6H2,1-3H3,(H,19,26)(H,28,29)/t7-,11-,16-/m1/s1. The Labute approximate surface area is 210 Å². The lowest BCUT2D eigenvalue weighted by molar-refractivity contribution is -0.385. The smallest absolute Gasteiger partial charge is 0.352 e. The van der Waals surface area contributed by atoms with Crippen molar-refractivity contribution >= 4 is 58.3 Å². The van der Waals surface area contributed by atoms with E-state index in [1.54, 1.807) is 0 Å². The van der Waals surface area contributed by atoms with Gasteiger partial charge in [-0.3, -0.25) is 24.6 Å². The van der Waals surface area contributed by atoms with Crippen LogP contribution >= 0.6 is 34.9 Å². The first-order chi connectivity index (χ1) is 16.6. The Morgan fingerprint density at radius 3 is 2.77 bits per heavy atom. The maximum absolute atomic E-state index is 12.9. The van der Waals surface area contributed by atoms with Gasteiger partial charge in [0.2, 0.25) is 5.91 Å². The largest absolute Gasteiger partial charge is 0.477 e. The fourth-order valence-corrected chi connectivity index (χ4v) is 6.81. The number of methoxy groups -OCH3 is 1. The molecule has 14 nitrogen and oxygen atoms in total. The number of aliphatic carboxylic acids is 1. The number of aryl methyl sites for hydroxylation is 1. The van der Waals surface area contributed by atoms with Crippen LogP contribution in [0.2, 0.25) is 0 Å². The first-order valence-corrected chi connectivity index (χ1v) is 12.9. The molecule has 3 atom stereocenters. The number of carbonyl (C=O) groups excluding carboxylic acids is 2. The number of amides is 2. The van der Waals surface area contributed by atoms with Crippen molar-refractivity contribution in [3.63, 3.8) is 0 Å². The van der Waals surface area contributed by atoms with Crippen LogP contribution in [0.15, 0.2) is 21.8 Å². The molecule has 186 valence electrons. The van der Waals surface area contributed by atoms with Crippen LogP contribution < -0.4 is 10.1 Å². The second-order valence-corrected chi connectivity index (χ2v) is 11.0. The van der Waals surface area contributed by atoms with Crippen LogP contribution in [-0.2, 0) is 14.4 Å². The maximum Gasteiger partial charge on any atom is 0.352 e. The van der Waals surface area contributed by atoms with Crippen LogP contribution in [-0.4, -0.2) is 82.7 Å². The number of nitro groups is 1. The average molecular weight is 542 g/mol. The lowest BCUT2D eigenvalue weighted by Crippen LogP contribution is -2.71. The van der Waals surface area contributed by atoms with Gasteiger partial charge in [0, 0.05) is 11.5 Å². The van der Waals surface area contributed by atoms with E-state index in [-0.39, 0.29) is 11.6 Å². The van der Waals surface area contributed by atoms with E-state index in [0.717, 1.165) is 15.9 Å².